The monoisotopic (exact) mass is 416 g/mol. The molecule has 7 nitrogen and oxygen atoms in total. The molecule has 1 fully saturated rings. The fraction of sp³-hybridized carbons (Fsp3) is 0.292. The number of pyridine rings is 2. The summed E-state index contributed by atoms with van der Waals surface area (Å²) in [7, 11) is 0. The van der Waals surface area contributed by atoms with Gasteiger partial charge in [-0.15, -0.1) is 0 Å². The van der Waals surface area contributed by atoms with Crippen LogP contribution in [0.1, 0.15) is 25.0 Å². The van der Waals surface area contributed by atoms with Crippen LogP contribution in [-0.4, -0.2) is 48.0 Å². The molecule has 3 aromatic rings. The van der Waals surface area contributed by atoms with Crippen molar-refractivity contribution < 1.29 is 4.74 Å². The minimum absolute atomic E-state index is 0.0583. The lowest BCUT2D eigenvalue weighted by Gasteiger charge is -2.36. The Morgan fingerprint density at radius 3 is 2.32 bits per heavy atom. The van der Waals surface area contributed by atoms with Crippen LogP contribution in [0.4, 0.5) is 17.3 Å². The second-order valence-corrected chi connectivity index (χ2v) is 7.86. The van der Waals surface area contributed by atoms with Crippen LogP contribution in [0.15, 0.2) is 60.9 Å². The molecular formula is C24H28N6O. The van der Waals surface area contributed by atoms with Gasteiger partial charge in [0, 0.05) is 55.4 Å². The highest BCUT2D eigenvalue weighted by molar-refractivity contribution is 6.14. The SMILES string of the molecule is CC(C)Oc1ccc(N)c(C(=N)c2ccnc(N3CCN(c4ccccn4)CC3)c2)c1. The highest BCUT2D eigenvalue weighted by Gasteiger charge is 2.20. The van der Waals surface area contributed by atoms with E-state index in [0.717, 1.165) is 43.4 Å². The van der Waals surface area contributed by atoms with Crippen LogP contribution in [-0.2, 0) is 0 Å². The van der Waals surface area contributed by atoms with Gasteiger partial charge in [0.1, 0.15) is 17.4 Å². The number of nitrogens with one attached hydrogen (secondary N) is 1. The summed E-state index contributed by atoms with van der Waals surface area (Å²) >= 11 is 0. The quantitative estimate of drug-likeness (QED) is 0.471. The molecule has 31 heavy (non-hydrogen) atoms. The van der Waals surface area contributed by atoms with Crippen molar-refractivity contribution in [2.45, 2.75) is 20.0 Å². The molecule has 0 amide bonds. The first-order chi connectivity index (χ1) is 15.0. The third-order valence-corrected chi connectivity index (χ3v) is 5.28. The first kappa shape index (κ1) is 20.7. The Labute approximate surface area is 183 Å². The zero-order valence-corrected chi connectivity index (χ0v) is 18.0. The summed E-state index contributed by atoms with van der Waals surface area (Å²) < 4.78 is 5.78. The first-order valence-electron chi connectivity index (χ1n) is 10.5. The van der Waals surface area contributed by atoms with Crippen molar-refractivity contribution in [3.8, 4) is 5.75 Å². The maximum Gasteiger partial charge on any atom is 0.129 e. The summed E-state index contributed by atoms with van der Waals surface area (Å²) in [6.45, 7) is 7.40. The molecule has 4 rings (SSSR count). The molecule has 0 unspecified atom stereocenters. The van der Waals surface area contributed by atoms with Crippen molar-refractivity contribution in [3.05, 3.63) is 72.1 Å². The van der Waals surface area contributed by atoms with E-state index < -0.39 is 0 Å². The molecule has 3 heterocycles. The lowest BCUT2D eigenvalue weighted by Crippen LogP contribution is -2.47. The number of anilines is 3. The zero-order chi connectivity index (χ0) is 21.8. The normalized spacial score (nSPS) is 14.0. The number of nitrogen functional groups attached to an aromatic ring is 1. The van der Waals surface area contributed by atoms with Gasteiger partial charge < -0.3 is 20.3 Å². The van der Waals surface area contributed by atoms with E-state index in [1.807, 2.05) is 62.5 Å². The number of nitrogens with zero attached hydrogens (tertiary/aromatic N) is 4. The molecule has 0 atom stereocenters. The van der Waals surface area contributed by atoms with Crippen LogP contribution in [0.3, 0.4) is 0 Å². The number of piperazine rings is 1. The van der Waals surface area contributed by atoms with Crippen LogP contribution in [0, 0.1) is 5.41 Å². The lowest BCUT2D eigenvalue weighted by atomic mass is 10.0. The van der Waals surface area contributed by atoms with E-state index in [2.05, 4.69) is 19.8 Å². The topological polar surface area (TPSA) is 91.4 Å². The number of hydrogen-bond donors (Lipinski definition) is 2. The minimum Gasteiger partial charge on any atom is -0.491 e. The van der Waals surface area contributed by atoms with E-state index in [4.69, 9.17) is 15.9 Å². The van der Waals surface area contributed by atoms with Gasteiger partial charge in [-0.25, -0.2) is 9.97 Å². The Kier molecular flexibility index (Phi) is 6.02. The van der Waals surface area contributed by atoms with Crippen LogP contribution in [0.25, 0.3) is 0 Å². The minimum atomic E-state index is 0.0583. The van der Waals surface area contributed by atoms with Gasteiger partial charge in [-0.3, -0.25) is 5.41 Å². The summed E-state index contributed by atoms with van der Waals surface area (Å²) in [6.07, 6.45) is 3.64. The second kappa shape index (κ2) is 9.04. The van der Waals surface area contributed by atoms with Gasteiger partial charge in [0.15, 0.2) is 0 Å². The Morgan fingerprint density at radius 1 is 0.935 bits per heavy atom. The number of rotatable bonds is 6. The smallest absolute Gasteiger partial charge is 0.129 e. The Morgan fingerprint density at radius 2 is 1.65 bits per heavy atom. The number of benzene rings is 1. The van der Waals surface area contributed by atoms with Gasteiger partial charge in [0.2, 0.25) is 0 Å². The maximum absolute atomic E-state index is 8.75. The molecule has 0 saturated carbocycles. The van der Waals surface area contributed by atoms with Crippen molar-refractivity contribution >= 4 is 23.0 Å². The van der Waals surface area contributed by atoms with E-state index in [-0.39, 0.29) is 6.10 Å². The molecule has 7 heteroatoms. The van der Waals surface area contributed by atoms with Crippen LogP contribution in [0.2, 0.25) is 0 Å². The summed E-state index contributed by atoms with van der Waals surface area (Å²) in [5.41, 5.74) is 8.54. The molecule has 1 aliphatic heterocycles. The van der Waals surface area contributed by atoms with Crippen LogP contribution < -0.4 is 20.3 Å². The molecule has 3 N–H and O–H groups in total. The molecule has 0 bridgehead atoms. The van der Waals surface area contributed by atoms with Crippen molar-refractivity contribution in [3.63, 3.8) is 0 Å². The fourth-order valence-electron chi connectivity index (χ4n) is 3.71. The lowest BCUT2D eigenvalue weighted by molar-refractivity contribution is 0.242. The van der Waals surface area contributed by atoms with Crippen LogP contribution >= 0.6 is 0 Å². The molecule has 2 aromatic heterocycles. The van der Waals surface area contributed by atoms with E-state index in [9.17, 15) is 0 Å². The van der Waals surface area contributed by atoms with Crippen molar-refractivity contribution in [1.82, 2.24) is 9.97 Å². The summed E-state index contributed by atoms with van der Waals surface area (Å²) in [6, 6.07) is 15.3. The largest absolute Gasteiger partial charge is 0.491 e. The Bertz CT molecular complexity index is 1040. The molecule has 160 valence electrons. The van der Waals surface area contributed by atoms with E-state index in [0.29, 0.717) is 22.7 Å². The van der Waals surface area contributed by atoms with Gasteiger partial charge >= 0.3 is 0 Å². The van der Waals surface area contributed by atoms with Gasteiger partial charge in [-0.1, -0.05) is 6.07 Å². The van der Waals surface area contributed by atoms with Crippen LogP contribution in [0.5, 0.6) is 5.75 Å². The molecule has 1 aromatic carbocycles. The molecule has 1 saturated heterocycles. The maximum atomic E-state index is 8.75. The second-order valence-electron chi connectivity index (χ2n) is 7.86. The van der Waals surface area contributed by atoms with E-state index in [1.165, 1.54) is 0 Å². The summed E-state index contributed by atoms with van der Waals surface area (Å²) in [4.78, 5) is 13.5. The average Bonchev–Trinajstić information content (AvgIpc) is 2.80. The third kappa shape index (κ3) is 4.77. The Hall–Kier alpha value is -3.61. The number of aromatic nitrogens is 2. The van der Waals surface area contributed by atoms with Gasteiger partial charge in [0.05, 0.1) is 11.8 Å². The first-order valence-corrected chi connectivity index (χ1v) is 10.5. The van der Waals surface area contributed by atoms with Gasteiger partial charge in [-0.05, 0) is 56.3 Å². The van der Waals surface area contributed by atoms with Crippen molar-refractivity contribution in [1.29, 1.82) is 5.41 Å². The van der Waals surface area contributed by atoms with Crippen molar-refractivity contribution in [2.24, 2.45) is 0 Å². The predicted octanol–water partition coefficient (Wildman–Crippen LogP) is 3.59. The highest BCUT2D eigenvalue weighted by Crippen LogP contribution is 2.25. The van der Waals surface area contributed by atoms with Crippen molar-refractivity contribution in [2.75, 3.05) is 41.7 Å². The van der Waals surface area contributed by atoms with E-state index >= 15 is 0 Å². The number of nitrogens with two attached hydrogens (primary N) is 1. The van der Waals surface area contributed by atoms with E-state index in [1.54, 1.807) is 12.3 Å². The molecule has 1 aliphatic rings. The molecule has 0 aliphatic carbocycles. The summed E-state index contributed by atoms with van der Waals surface area (Å²) in [5, 5.41) is 8.75. The molecular weight excluding hydrogens is 388 g/mol. The standard InChI is InChI=1S/C24H28N6O/c1-17(2)31-19-6-7-21(25)20(16-19)24(26)18-8-10-28-23(15-18)30-13-11-29(12-14-30)22-5-3-4-9-27-22/h3-10,15-17,26H,11-14,25H2,1-2H3. The Balaban J connectivity index is 1.49. The summed E-state index contributed by atoms with van der Waals surface area (Å²) in [5.74, 6) is 2.59. The highest BCUT2D eigenvalue weighted by atomic mass is 16.5. The van der Waals surface area contributed by atoms with Gasteiger partial charge in [-0.2, -0.15) is 0 Å². The third-order valence-electron chi connectivity index (χ3n) is 5.28. The molecule has 0 radical (unpaired) electrons. The fourth-order valence-corrected chi connectivity index (χ4v) is 3.71. The molecule has 0 spiro atoms. The number of hydrogen-bond acceptors (Lipinski definition) is 7. The predicted molar refractivity (Wildman–Crippen MR) is 125 cm³/mol. The zero-order valence-electron chi connectivity index (χ0n) is 18.0. The van der Waals surface area contributed by atoms with Gasteiger partial charge in [0.25, 0.3) is 0 Å². The number of ether oxygens (including phenoxy) is 1. The average molecular weight is 417 g/mol.